The summed E-state index contributed by atoms with van der Waals surface area (Å²) in [6.07, 6.45) is 4.98. The Morgan fingerprint density at radius 1 is 1.73 bits per heavy atom. The molecule has 2 fully saturated rings. The number of carbonyl (C=O) groups excluding carboxylic acids is 1. The molecule has 0 N–H and O–H groups in total. The number of fused-ring (bicyclic) bond motifs is 1. The molecular weight excluding hydrogens is 138 g/mol. The van der Waals surface area contributed by atoms with Crippen LogP contribution in [0.5, 0.6) is 0 Å². The fraction of sp³-hybridized carbons (Fsp3) is 0.667. The van der Waals surface area contributed by atoms with Crippen molar-refractivity contribution in [3.63, 3.8) is 0 Å². The van der Waals surface area contributed by atoms with Gasteiger partial charge >= 0.3 is 0 Å². The van der Waals surface area contributed by atoms with Gasteiger partial charge in [0.05, 0.1) is 6.04 Å². The Kier molecular flexibility index (Phi) is 1.57. The van der Waals surface area contributed by atoms with E-state index in [4.69, 9.17) is 0 Å². The summed E-state index contributed by atoms with van der Waals surface area (Å²) in [6.45, 7) is 4.56. The average Bonchev–Trinajstić information content (AvgIpc) is 2.66. The molecule has 1 unspecified atom stereocenters. The highest BCUT2D eigenvalue weighted by Crippen LogP contribution is 2.37. The average molecular weight is 151 g/mol. The Hall–Kier alpha value is -0.630. The van der Waals surface area contributed by atoms with Gasteiger partial charge in [-0.15, -0.1) is 6.58 Å². The first-order valence-electron chi connectivity index (χ1n) is 4.24. The molecule has 0 aromatic rings. The molecule has 0 aromatic carbocycles. The van der Waals surface area contributed by atoms with Gasteiger partial charge in [-0.05, 0) is 12.8 Å². The van der Waals surface area contributed by atoms with Crippen molar-refractivity contribution >= 4 is 5.78 Å². The van der Waals surface area contributed by atoms with Crippen LogP contribution < -0.4 is 0 Å². The van der Waals surface area contributed by atoms with E-state index in [-0.39, 0.29) is 6.04 Å². The van der Waals surface area contributed by atoms with E-state index in [0.717, 1.165) is 19.4 Å². The molecule has 0 radical (unpaired) electrons. The lowest BCUT2D eigenvalue weighted by molar-refractivity contribution is -0.119. The summed E-state index contributed by atoms with van der Waals surface area (Å²) < 4.78 is 0. The molecule has 1 heterocycles. The molecule has 0 aromatic heterocycles. The third kappa shape index (κ3) is 1.02. The summed E-state index contributed by atoms with van der Waals surface area (Å²) in [7, 11) is 0. The molecule has 1 aliphatic heterocycles. The van der Waals surface area contributed by atoms with Crippen LogP contribution in [-0.4, -0.2) is 29.3 Å². The van der Waals surface area contributed by atoms with Gasteiger partial charge in [0.1, 0.15) is 0 Å². The van der Waals surface area contributed by atoms with Gasteiger partial charge in [-0.25, -0.2) is 0 Å². The quantitative estimate of drug-likeness (QED) is 0.433. The molecule has 1 saturated heterocycles. The van der Waals surface area contributed by atoms with Crippen molar-refractivity contribution in [2.75, 3.05) is 6.54 Å². The number of carbonyl (C=O) groups is 1. The molecule has 2 heteroatoms. The van der Waals surface area contributed by atoms with Crippen LogP contribution in [-0.2, 0) is 4.79 Å². The van der Waals surface area contributed by atoms with Crippen LogP contribution in [0.3, 0.4) is 0 Å². The number of hydrogen-bond donors (Lipinski definition) is 0. The Labute approximate surface area is 66.9 Å². The Balaban J connectivity index is 1.99. The smallest absolute Gasteiger partial charge is 0.151 e. The monoisotopic (exact) mass is 151 g/mol. The summed E-state index contributed by atoms with van der Waals surface area (Å²) in [5.41, 5.74) is 0. The number of ketones is 1. The van der Waals surface area contributed by atoms with Crippen molar-refractivity contribution in [2.45, 2.75) is 31.3 Å². The normalized spacial score (nSPS) is 41.5. The lowest BCUT2D eigenvalue weighted by Gasteiger charge is -2.02. The van der Waals surface area contributed by atoms with Crippen LogP contribution in [0.4, 0.5) is 0 Å². The maximum atomic E-state index is 11.2. The summed E-state index contributed by atoms with van der Waals surface area (Å²) in [6, 6.07) is 0.857. The van der Waals surface area contributed by atoms with E-state index < -0.39 is 0 Å². The van der Waals surface area contributed by atoms with Crippen LogP contribution in [0.2, 0.25) is 0 Å². The highest BCUT2D eigenvalue weighted by Gasteiger charge is 2.52. The fourth-order valence-electron chi connectivity index (χ4n) is 2.09. The van der Waals surface area contributed by atoms with Crippen LogP contribution in [0, 0.1) is 0 Å². The molecule has 11 heavy (non-hydrogen) atoms. The molecule has 60 valence electrons. The van der Waals surface area contributed by atoms with Crippen molar-refractivity contribution in [2.24, 2.45) is 0 Å². The van der Waals surface area contributed by atoms with Gasteiger partial charge in [-0.3, -0.25) is 9.69 Å². The van der Waals surface area contributed by atoms with Crippen molar-refractivity contribution in [3.8, 4) is 0 Å². The lowest BCUT2D eigenvalue weighted by atomic mass is 10.00. The predicted octanol–water partition coefficient (Wildman–Crippen LogP) is 0.978. The lowest BCUT2D eigenvalue weighted by Crippen LogP contribution is -2.15. The molecule has 2 rings (SSSR count). The van der Waals surface area contributed by atoms with Crippen LogP contribution in [0.15, 0.2) is 12.7 Å². The highest BCUT2D eigenvalue weighted by atomic mass is 16.1. The first-order chi connectivity index (χ1) is 5.34. The second-order valence-electron chi connectivity index (χ2n) is 3.36. The van der Waals surface area contributed by atoms with Crippen molar-refractivity contribution in [3.05, 3.63) is 12.7 Å². The maximum absolute atomic E-state index is 11.2. The van der Waals surface area contributed by atoms with E-state index in [0.29, 0.717) is 11.8 Å². The van der Waals surface area contributed by atoms with Gasteiger partial charge in [0.25, 0.3) is 0 Å². The second kappa shape index (κ2) is 2.45. The van der Waals surface area contributed by atoms with Crippen molar-refractivity contribution < 1.29 is 4.79 Å². The Morgan fingerprint density at radius 3 is 3.18 bits per heavy atom. The summed E-state index contributed by atoms with van der Waals surface area (Å²) in [5.74, 6) is 0.447. The summed E-state index contributed by atoms with van der Waals surface area (Å²) in [4.78, 5) is 13.5. The first kappa shape index (κ1) is 7.04. The number of likely N-dealkylation sites (tertiary alicyclic amines) is 1. The first-order valence-corrected chi connectivity index (χ1v) is 4.24. The van der Waals surface area contributed by atoms with Gasteiger partial charge < -0.3 is 0 Å². The number of Topliss-reactive ketones (excluding diaryl/α,β-unsaturated/α-hetero) is 1. The van der Waals surface area contributed by atoms with Gasteiger partial charge in [-0.2, -0.15) is 0 Å². The zero-order chi connectivity index (χ0) is 7.84. The van der Waals surface area contributed by atoms with Crippen LogP contribution in [0.25, 0.3) is 0 Å². The molecule has 1 aliphatic carbocycles. The van der Waals surface area contributed by atoms with E-state index in [9.17, 15) is 4.79 Å². The molecule has 3 atom stereocenters. The molecule has 0 amide bonds. The third-order valence-electron chi connectivity index (χ3n) is 2.65. The van der Waals surface area contributed by atoms with Gasteiger partial charge in [0.2, 0.25) is 0 Å². The fourth-order valence-corrected chi connectivity index (χ4v) is 2.09. The summed E-state index contributed by atoms with van der Waals surface area (Å²) >= 11 is 0. The van der Waals surface area contributed by atoms with Crippen LogP contribution >= 0.6 is 0 Å². The molecule has 2 nitrogen and oxygen atoms in total. The van der Waals surface area contributed by atoms with E-state index in [1.165, 1.54) is 6.42 Å². The minimum atomic E-state index is 0.279. The van der Waals surface area contributed by atoms with E-state index in [2.05, 4.69) is 11.5 Å². The van der Waals surface area contributed by atoms with Crippen LogP contribution in [0.1, 0.15) is 19.3 Å². The van der Waals surface area contributed by atoms with E-state index in [1.807, 2.05) is 6.08 Å². The Bertz CT molecular complexity index is 200. The largest absolute Gasteiger partial charge is 0.298 e. The van der Waals surface area contributed by atoms with Crippen molar-refractivity contribution in [1.82, 2.24) is 4.90 Å². The Morgan fingerprint density at radius 2 is 2.55 bits per heavy atom. The molecule has 1 saturated carbocycles. The summed E-state index contributed by atoms with van der Waals surface area (Å²) in [5, 5.41) is 0. The van der Waals surface area contributed by atoms with Gasteiger partial charge in [-0.1, -0.05) is 6.08 Å². The molecule has 2 aliphatic rings. The number of hydrogen-bond acceptors (Lipinski definition) is 2. The van der Waals surface area contributed by atoms with E-state index in [1.54, 1.807) is 0 Å². The third-order valence-corrected chi connectivity index (χ3v) is 2.65. The standard InChI is InChI=1S/C9H13NO/c1-2-6-10-7-4-3-5-8(11)9(7)10/h2,7,9H,1,3-6H2/t7-,9-,10?/m0/s1. The van der Waals surface area contributed by atoms with Gasteiger partial charge in [0, 0.05) is 19.0 Å². The zero-order valence-corrected chi connectivity index (χ0v) is 6.62. The topological polar surface area (TPSA) is 20.1 Å². The number of nitrogens with zero attached hydrogens (tertiary/aromatic N) is 1. The SMILES string of the molecule is C=CCN1[C@@H]2C(=O)CCC[C@@H]21. The second-order valence-corrected chi connectivity index (χ2v) is 3.36. The van der Waals surface area contributed by atoms with Crippen molar-refractivity contribution in [1.29, 1.82) is 0 Å². The molecule has 0 spiro atoms. The maximum Gasteiger partial charge on any atom is 0.151 e. The zero-order valence-electron chi connectivity index (χ0n) is 6.62. The predicted molar refractivity (Wildman–Crippen MR) is 43.3 cm³/mol. The molecule has 0 bridgehead atoms. The minimum absolute atomic E-state index is 0.279. The minimum Gasteiger partial charge on any atom is -0.298 e. The highest BCUT2D eigenvalue weighted by molar-refractivity contribution is 5.88. The molecular formula is C9H13NO. The number of rotatable bonds is 2. The van der Waals surface area contributed by atoms with Gasteiger partial charge in [0.15, 0.2) is 5.78 Å². The van der Waals surface area contributed by atoms with E-state index >= 15 is 0 Å².